The van der Waals surface area contributed by atoms with E-state index in [2.05, 4.69) is 15.0 Å². The van der Waals surface area contributed by atoms with Gasteiger partial charge in [-0.3, -0.25) is 4.98 Å². The molecule has 0 aliphatic carbocycles. The maximum Gasteiger partial charge on any atom is 0.146 e. The van der Waals surface area contributed by atoms with Crippen LogP contribution in [0.5, 0.6) is 5.75 Å². The molecule has 5 heteroatoms. The predicted molar refractivity (Wildman–Crippen MR) is 73.3 cm³/mol. The van der Waals surface area contributed by atoms with Gasteiger partial charge >= 0.3 is 0 Å². The highest BCUT2D eigenvalue weighted by atomic mass is 32.1. The zero-order valence-corrected chi connectivity index (χ0v) is 11.5. The molecule has 0 atom stereocenters. The standard InChI is InChI=1S/C13H15N3OS/c1-4-10-15-11(8(2)13(18)16-10)12-9(17-3)6-5-7-14-12/h5-7H,4H2,1-3H3,(H,15,16,18). The van der Waals surface area contributed by atoms with Gasteiger partial charge in [-0.05, 0) is 19.1 Å². The topological polar surface area (TPSA) is 50.8 Å². The molecular formula is C13H15N3OS. The van der Waals surface area contributed by atoms with Crippen molar-refractivity contribution >= 4 is 12.2 Å². The van der Waals surface area contributed by atoms with Crippen molar-refractivity contribution in [1.82, 2.24) is 15.0 Å². The molecule has 0 bridgehead atoms. The van der Waals surface area contributed by atoms with Crippen LogP contribution in [0.4, 0.5) is 0 Å². The highest BCUT2D eigenvalue weighted by molar-refractivity contribution is 7.71. The molecule has 0 aromatic carbocycles. The molecule has 0 amide bonds. The van der Waals surface area contributed by atoms with Gasteiger partial charge in [0.2, 0.25) is 0 Å². The summed E-state index contributed by atoms with van der Waals surface area (Å²) in [7, 11) is 1.63. The van der Waals surface area contributed by atoms with Crippen molar-refractivity contribution in [1.29, 1.82) is 0 Å². The second-order valence-electron chi connectivity index (χ2n) is 3.90. The number of aryl methyl sites for hydroxylation is 1. The van der Waals surface area contributed by atoms with Gasteiger partial charge in [0.25, 0.3) is 0 Å². The summed E-state index contributed by atoms with van der Waals surface area (Å²) in [6, 6.07) is 3.72. The van der Waals surface area contributed by atoms with Crippen LogP contribution >= 0.6 is 12.2 Å². The predicted octanol–water partition coefficient (Wildman–Crippen LogP) is 3.08. The Morgan fingerprint density at radius 1 is 1.44 bits per heavy atom. The van der Waals surface area contributed by atoms with E-state index in [1.54, 1.807) is 13.3 Å². The van der Waals surface area contributed by atoms with Gasteiger partial charge in [0.1, 0.15) is 21.9 Å². The molecule has 0 saturated carbocycles. The second-order valence-corrected chi connectivity index (χ2v) is 4.28. The minimum Gasteiger partial charge on any atom is -0.494 e. The van der Waals surface area contributed by atoms with Crippen LogP contribution in [-0.4, -0.2) is 22.1 Å². The van der Waals surface area contributed by atoms with Crippen molar-refractivity contribution in [3.8, 4) is 17.1 Å². The number of nitrogens with zero attached hydrogens (tertiary/aromatic N) is 2. The largest absolute Gasteiger partial charge is 0.494 e. The summed E-state index contributed by atoms with van der Waals surface area (Å²) in [5.74, 6) is 1.58. The Bertz CT molecular complexity index is 622. The molecule has 2 aromatic rings. The molecule has 0 unspecified atom stereocenters. The van der Waals surface area contributed by atoms with Crippen molar-refractivity contribution in [2.75, 3.05) is 7.11 Å². The van der Waals surface area contributed by atoms with E-state index in [1.165, 1.54) is 0 Å². The van der Waals surface area contributed by atoms with Gasteiger partial charge in [-0.1, -0.05) is 19.1 Å². The van der Waals surface area contributed by atoms with E-state index in [4.69, 9.17) is 17.0 Å². The van der Waals surface area contributed by atoms with Crippen LogP contribution in [0.15, 0.2) is 18.3 Å². The number of hydrogen-bond acceptors (Lipinski definition) is 4. The summed E-state index contributed by atoms with van der Waals surface area (Å²) in [6.45, 7) is 3.97. The Kier molecular flexibility index (Phi) is 3.72. The molecule has 2 aromatic heterocycles. The van der Waals surface area contributed by atoms with E-state index < -0.39 is 0 Å². The molecule has 18 heavy (non-hydrogen) atoms. The van der Waals surface area contributed by atoms with Crippen LogP contribution in [0.3, 0.4) is 0 Å². The highest BCUT2D eigenvalue weighted by Gasteiger charge is 2.12. The number of nitrogens with one attached hydrogen (secondary N) is 1. The summed E-state index contributed by atoms with van der Waals surface area (Å²) in [5, 5.41) is 0. The number of ether oxygens (including phenoxy) is 1. The molecule has 0 radical (unpaired) electrons. The third kappa shape index (κ3) is 2.26. The first kappa shape index (κ1) is 12.7. The summed E-state index contributed by atoms with van der Waals surface area (Å²) >= 11 is 5.27. The number of hydrogen-bond donors (Lipinski definition) is 1. The number of H-pyrrole nitrogens is 1. The fourth-order valence-corrected chi connectivity index (χ4v) is 1.94. The Morgan fingerprint density at radius 2 is 2.22 bits per heavy atom. The lowest BCUT2D eigenvalue weighted by Crippen LogP contribution is -2.01. The van der Waals surface area contributed by atoms with E-state index in [1.807, 2.05) is 26.0 Å². The molecule has 2 rings (SSSR count). The maximum atomic E-state index is 5.33. The molecule has 0 aliphatic rings. The number of pyridine rings is 1. The van der Waals surface area contributed by atoms with Gasteiger partial charge in [0.15, 0.2) is 0 Å². The Hall–Kier alpha value is -1.75. The molecular weight excluding hydrogens is 246 g/mol. The quantitative estimate of drug-likeness (QED) is 0.863. The van der Waals surface area contributed by atoms with Crippen LogP contribution in [0.1, 0.15) is 18.3 Å². The molecule has 0 aliphatic heterocycles. The lowest BCUT2D eigenvalue weighted by Gasteiger charge is -2.11. The minimum atomic E-state index is 0.605. The third-order valence-electron chi connectivity index (χ3n) is 2.76. The normalized spacial score (nSPS) is 10.4. The number of rotatable bonds is 3. The van der Waals surface area contributed by atoms with E-state index in [0.717, 1.165) is 34.9 Å². The van der Waals surface area contributed by atoms with Crippen LogP contribution in [-0.2, 0) is 6.42 Å². The van der Waals surface area contributed by atoms with E-state index in [-0.39, 0.29) is 0 Å². The van der Waals surface area contributed by atoms with E-state index in [9.17, 15) is 0 Å². The smallest absolute Gasteiger partial charge is 0.146 e. The Balaban J connectivity index is 2.70. The van der Waals surface area contributed by atoms with E-state index in [0.29, 0.717) is 4.64 Å². The van der Waals surface area contributed by atoms with Gasteiger partial charge in [0, 0.05) is 18.2 Å². The molecule has 4 nitrogen and oxygen atoms in total. The average molecular weight is 261 g/mol. The fraction of sp³-hybridized carbons (Fsp3) is 0.308. The number of aromatic amines is 1. The van der Waals surface area contributed by atoms with E-state index >= 15 is 0 Å². The first-order valence-corrected chi connectivity index (χ1v) is 6.17. The lowest BCUT2D eigenvalue weighted by molar-refractivity contribution is 0.414. The van der Waals surface area contributed by atoms with Crippen LogP contribution in [0.25, 0.3) is 11.4 Å². The summed E-state index contributed by atoms with van der Waals surface area (Å²) in [6.07, 6.45) is 2.53. The monoisotopic (exact) mass is 261 g/mol. The third-order valence-corrected chi connectivity index (χ3v) is 3.16. The van der Waals surface area contributed by atoms with Crippen molar-refractivity contribution in [3.05, 3.63) is 34.4 Å². The molecule has 2 heterocycles. The zero-order chi connectivity index (χ0) is 13.1. The first-order chi connectivity index (χ1) is 8.67. The maximum absolute atomic E-state index is 5.33. The van der Waals surface area contributed by atoms with Crippen LogP contribution in [0, 0.1) is 11.6 Å². The van der Waals surface area contributed by atoms with Crippen molar-refractivity contribution in [2.24, 2.45) is 0 Å². The molecule has 0 fully saturated rings. The SMILES string of the molecule is CCc1nc(=S)c(C)c(-c2ncccc2OC)[nH]1. The van der Waals surface area contributed by atoms with Crippen LogP contribution < -0.4 is 4.74 Å². The zero-order valence-electron chi connectivity index (χ0n) is 10.7. The molecule has 94 valence electrons. The highest BCUT2D eigenvalue weighted by Crippen LogP contribution is 2.28. The first-order valence-electron chi connectivity index (χ1n) is 5.76. The van der Waals surface area contributed by atoms with Crippen molar-refractivity contribution in [3.63, 3.8) is 0 Å². The fourth-order valence-electron chi connectivity index (χ4n) is 1.73. The van der Waals surface area contributed by atoms with Gasteiger partial charge < -0.3 is 9.72 Å². The van der Waals surface area contributed by atoms with Gasteiger partial charge in [-0.15, -0.1) is 0 Å². The van der Waals surface area contributed by atoms with Gasteiger partial charge in [-0.25, -0.2) is 4.98 Å². The van der Waals surface area contributed by atoms with Crippen molar-refractivity contribution in [2.45, 2.75) is 20.3 Å². The number of aromatic nitrogens is 3. The second kappa shape index (κ2) is 5.27. The number of methoxy groups -OCH3 is 1. The summed E-state index contributed by atoms with van der Waals surface area (Å²) < 4.78 is 5.94. The van der Waals surface area contributed by atoms with Gasteiger partial charge in [-0.2, -0.15) is 0 Å². The Labute approximate surface area is 111 Å². The Morgan fingerprint density at radius 3 is 2.89 bits per heavy atom. The molecule has 0 saturated heterocycles. The summed E-state index contributed by atoms with van der Waals surface area (Å²) in [5.41, 5.74) is 2.56. The summed E-state index contributed by atoms with van der Waals surface area (Å²) in [4.78, 5) is 12.0. The van der Waals surface area contributed by atoms with Gasteiger partial charge in [0.05, 0.1) is 12.8 Å². The lowest BCUT2D eigenvalue weighted by atomic mass is 10.1. The molecule has 0 spiro atoms. The van der Waals surface area contributed by atoms with Crippen molar-refractivity contribution < 1.29 is 4.74 Å². The molecule has 1 N–H and O–H groups in total. The van der Waals surface area contributed by atoms with Crippen LogP contribution in [0.2, 0.25) is 0 Å². The minimum absolute atomic E-state index is 0.605. The average Bonchev–Trinajstić information content (AvgIpc) is 2.41.